The van der Waals surface area contributed by atoms with Crippen molar-refractivity contribution in [1.29, 1.82) is 0 Å². The second-order valence-electron chi connectivity index (χ2n) is 19.4. The molecule has 2 aliphatic carbocycles. The lowest BCUT2D eigenvalue weighted by atomic mass is 9.62. The van der Waals surface area contributed by atoms with Crippen molar-refractivity contribution in [3.8, 4) is 0 Å². The Hall–Kier alpha value is -2.27. The van der Waals surface area contributed by atoms with E-state index in [0.717, 1.165) is 102 Å². The molecule has 10 nitrogen and oxygen atoms in total. The minimum atomic E-state index is -0.409. The number of hydroxylamine groups is 4. The Morgan fingerprint density at radius 2 is 1.02 bits per heavy atom. The van der Waals surface area contributed by atoms with Crippen LogP contribution < -0.4 is 14.7 Å². The van der Waals surface area contributed by atoms with Gasteiger partial charge in [-0.25, -0.2) is 0 Å². The SMILES string of the molecule is C=CCN(CC=C)c1nc2nc(n1)N(CCCC)C1CC(C)(C)N(OC3CCCCC3)C(C)(C1)C1(C)CC(CC(C)(C)N1OC1CCCCC1)N2CCCC. The van der Waals surface area contributed by atoms with Crippen LogP contribution in [-0.4, -0.2) is 97.7 Å². The van der Waals surface area contributed by atoms with E-state index in [1.807, 2.05) is 12.2 Å². The van der Waals surface area contributed by atoms with Crippen molar-refractivity contribution < 1.29 is 9.68 Å². The second kappa shape index (κ2) is 17.7. The van der Waals surface area contributed by atoms with Crippen molar-refractivity contribution in [3.63, 3.8) is 0 Å². The zero-order valence-electron chi connectivity index (χ0n) is 36.3. The molecular weight excluding hydrogens is 685 g/mol. The summed E-state index contributed by atoms with van der Waals surface area (Å²) in [5, 5.41) is 5.09. The molecule has 55 heavy (non-hydrogen) atoms. The molecule has 4 atom stereocenters. The number of hydrogen-bond acceptors (Lipinski definition) is 10. The Balaban J connectivity index is 1.60. The molecule has 4 unspecified atom stereocenters. The number of fused-ring (bicyclic) bond motifs is 7. The molecule has 1 aromatic rings. The molecule has 0 amide bonds. The Morgan fingerprint density at radius 1 is 0.618 bits per heavy atom. The molecule has 5 aliphatic rings. The van der Waals surface area contributed by atoms with Gasteiger partial charge in [-0.3, -0.25) is 9.68 Å². The average molecular weight is 763 g/mol. The molecule has 0 radical (unpaired) electrons. The molecule has 4 fully saturated rings. The maximum absolute atomic E-state index is 7.51. The molecular formula is C45H78N8O2. The fourth-order valence-electron chi connectivity index (χ4n) is 11.2. The standard InChI is InChI=1S/C45H78N8O2/c1-11-15-29-50-35-31-42(5,6)52(54-37-23-19-17-20-24-37)44(9,33-35)45(10)34-36(32-43(7,8)53(45)55-38-25-21-18-22-26-38)51(30-16-12-2)41-47-39(46-40(50)48-41)49(27-13-3)28-14-4/h13-14,35-38H,3-4,11-12,15-34H2,1-2,5-10H3. The molecule has 4 heterocycles. The molecule has 3 aliphatic heterocycles. The number of anilines is 3. The van der Waals surface area contributed by atoms with Crippen LogP contribution in [-0.2, 0) is 9.68 Å². The molecule has 6 rings (SSSR count). The summed E-state index contributed by atoms with van der Waals surface area (Å²) in [6.45, 7) is 30.7. The van der Waals surface area contributed by atoms with Gasteiger partial charge in [0, 0.05) is 49.3 Å². The van der Waals surface area contributed by atoms with E-state index < -0.39 is 11.1 Å². The molecule has 1 aromatic heterocycles. The van der Waals surface area contributed by atoms with Gasteiger partial charge in [0.1, 0.15) is 0 Å². The zero-order valence-corrected chi connectivity index (χ0v) is 36.3. The van der Waals surface area contributed by atoms with Gasteiger partial charge < -0.3 is 14.7 Å². The third kappa shape index (κ3) is 8.78. The van der Waals surface area contributed by atoms with Crippen molar-refractivity contribution >= 4 is 17.8 Å². The van der Waals surface area contributed by atoms with E-state index in [4.69, 9.17) is 24.6 Å². The van der Waals surface area contributed by atoms with Gasteiger partial charge in [0.05, 0.1) is 23.3 Å². The van der Waals surface area contributed by atoms with Crippen LogP contribution in [0.15, 0.2) is 25.3 Å². The first-order chi connectivity index (χ1) is 26.3. The second-order valence-corrected chi connectivity index (χ2v) is 19.4. The van der Waals surface area contributed by atoms with Gasteiger partial charge >= 0.3 is 0 Å². The van der Waals surface area contributed by atoms with Crippen molar-refractivity contribution in [2.45, 2.75) is 217 Å². The number of nitrogens with zero attached hydrogens (tertiary/aromatic N) is 8. The van der Waals surface area contributed by atoms with Crippen LogP contribution in [0.1, 0.15) is 171 Å². The lowest BCUT2D eigenvalue weighted by molar-refractivity contribution is -0.388. The lowest BCUT2D eigenvalue weighted by Gasteiger charge is -2.68. The molecule has 6 bridgehead atoms. The number of hydrogen-bond donors (Lipinski definition) is 0. The normalized spacial score (nSPS) is 30.5. The number of piperidine rings is 2. The van der Waals surface area contributed by atoms with E-state index in [1.165, 1.54) is 38.5 Å². The Kier molecular flexibility index (Phi) is 13.6. The minimum absolute atomic E-state index is 0.187. The van der Waals surface area contributed by atoms with Gasteiger partial charge in [0.25, 0.3) is 0 Å². The van der Waals surface area contributed by atoms with E-state index in [0.29, 0.717) is 19.0 Å². The molecule has 310 valence electrons. The largest absolute Gasteiger partial charge is 0.337 e. The number of aromatic nitrogens is 3. The first-order valence-corrected chi connectivity index (χ1v) is 22.5. The van der Waals surface area contributed by atoms with Gasteiger partial charge in [0.2, 0.25) is 17.8 Å². The van der Waals surface area contributed by atoms with Gasteiger partial charge in [-0.1, -0.05) is 77.4 Å². The van der Waals surface area contributed by atoms with E-state index in [-0.39, 0.29) is 35.4 Å². The predicted octanol–water partition coefficient (Wildman–Crippen LogP) is 9.81. The van der Waals surface area contributed by atoms with Crippen LogP contribution in [0.2, 0.25) is 0 Å². The van der Waals surface area contributed by atoms with Gasteiger partial charge in [-0.2, -0.15) is 25.1 Å². The highest BCUT2D eigenvalue weighted by Crippen LogP contribution is 2.56. The summed E-state index contributed by atoms with van der Waals surface area (Å²) in [6.07, 6.45) is 24.6. The third-order valence-corrected chi connectivity index (χ3v) is 14.0. The quantitative estimate of drug-likeness (QED) is 0.161. The maximum atomic E-state index is 7.51. The molecule has 0 aromatic carbocycles. The summed E-state index contributed by atoms with van der Waals surface area (Å²) in [6, 6.07) is 0.374. The molecule has 0 N–H and O–H groups in total. The fraction of sp³-hybridized carbons (Fsp3) is 0.844. The highest BCUT2D eigenvalue weighted by Gasteiger charge is 2.66. The van der Waals surface area contributed by atoms with Crippen LogP contribution in [0.25, 0.3) is 0 Å². The van der Waals surface area contributed by atoms with Gasteiger partial charge in [0.15, 0.2) is 0 Å². The van der Waals surface area contributed by atoms with Crippen molar-refractivity contribution in [3.05, 3.63) is 25.3 Å². The average Bonchev–Trinajstić information content (AvgIpc) is 3.15. The fourth-order valence-corrected chi connectivity index (χ4v) is 11.2. The molecule has 2 saturated heterocycles. The van der Waals surface area contributed by atoms with E-state index in [9.17, 15) is 0 Å². The summed E-state index contributed by atoms with van der Waals surface area (Å²) >= 11 is 0. The van der Waals surface area contributed by atoms with E-state index >= 15 is 0 Å². The predicted molar refractivity (Wildman–Crippen MR) is 228 cm³/mol. The maximum Gasteiger partial charge on any atom is 0.232 e. The Morgan fingerprint density at radius 3 is 1.38 bits per heavy atom. The van der Waals surface area contributed by atoms with Crippen LogP contribution >= 0.6 is 0 Å². The summed E-state index contributed by atoms with van der Waals surface area (Å²) in [7, 11) is 0. The van der Waals surface area contributed by atoms with Crippen LogP contribution in [0.3, 0.4) is 0 Å². The minimum Gasteiger partial charge on any atom is -0.337 e. The first-order valence-electron chi connectivity index (χ1n) is 22.5. The smallest absolute Gasteiger partial charge is 0.232 e. The Labute approximate surface area is 335 Å². The van der Waals surface area contributed by atoms with Crippen LogP contribution in [0.4, 0.5) is 17.8 Å². The van der Waals surface area contributed by atoms with E-state index in [2.05, 4.69) is 93.4 Å². The van der Waals surface area contributed by atoms with E-state index in [1.54, 1.807) is 0 Å². The van der Waals surface area contributed by atoms with Crippen LogP contribution in [0.5, 0.6) is 0 Å². The van der Waals surface area contributed by atoms with Crippen molar-refractivity contribution in [1.82, 2.24) is 25.1 Å². The number of rotatable bonds is 15. The molecule has 0 spiro atoms. The molecule has 2 saturated carbocycles. The summed E-state index contributed by atoms with van der Waals surface area (Å²) < 4.78 is 0. The summed E-state index contributed by atoms with van der Waals surface area (Å²) in [5.74, 6) is 2.31. The lowest BCUT2D eigenvalue weighted by Crippen LogP contribution is -2.80. The highest BCUT2D eigenvalue weighted by molar-refractivity contribution is 5.49. The summed E-state index contributed by atoms with van der Waals surface area (Å²) in [5.41, 5.74) is -1.34. The first kappa shape index (κ1) is 42.3. The zero-order chi connectivity index (χ0) is 39.4. The summed E-state index contributed by atoms with van der Waals surface area (Å²) in [4.78, 5) is 38.6. The monoisotopic (exact) mass is 763 g/mol. The van der Waals surface area contributed by atoms with Crippen LogP contribution in [0, 0.1) is 0 Å². The van der Waals surface area contributed by atoms with Gasteiger partial charge in [-0.05, 0) is 106 Å². The third-order valence-electron chi connectivity index (χ3n) is 14.0. The van der Waals surface area contributed by atoms with Gasteiger partial charge in [-0.15, -0.1) is 13.2 Å². The highest BCUT2D eigenvalue weighted by atomic mass is 16.7. The Bertz CT molecular complexity index is 1320. The topological polar surface area (TPSA) is 73.3 Å². The number of unbranched alkanes of at least 4 members (excludes halogenated alkanes) is 2. The van der Waals surface area contributed by atoms with Crippen molar-refractivity contribution in [2.24, 2.45) is 0 Å². The van der Waals surface area contributed by atoms with Crippen molar-refractivity contribution in [2.75, 3.05) is 40.9 Å². The molecule has 10 heteroatoms.